The van der Waals surface area contributed by atoms with Crippen LogP contribution < -0.4 is 5.56 Å². The molecule has 4 rings (SSSR count). The summed E-state index contributed by atoms with van der Waals surface area (Å²) in [5.41, 5.74) is 1.33. The summed E-state index contributed by atoms with van der Waals surface area (Å²) in [6.45, 7) is 2.70. The minimum atomic E-state index is -0.354. The molecule has 0 radical (unpaired) electrons. The van der Waals surface area contributed by atoms with Gasteiger partial charge in [0.25, 0.3) is 11.5 Å². The van der Waals surface area contributed by atoms with E-state index in [4.69, 9.17) is 0 Å². The summed E-state index contributed by atoms with van der Waals surface area (Å²) in [5.74, 6) is -0.181. The van der Waals surface area contributed by atoms with Gasteiger partial charge in [-0.3, -0.25) is 14.2 Å². The summed E-state index contributed by atoms with van der Waals surface area (Å²) in [4.78, 5) is 38.9. The largest absolute Gasteiger partial charge is 0.330 e. The van der Waals surface area contributed by atoms with Gasteiger partial charge in [0.2, 0.25) is 0 Å². The number of para-hydroxylation sites is 1. The molecular weight excluding hydrogens is 397 g/mol. The van der Waals surface area contributed by atoms with Crippen LogP contribution in [0.4, 0.5) is 4.39 Å². The normalized spacial score (nSPS) is 11.0. The fourth-order valence-electron chi connectivity index (χ4n) is 3.41. The second-order valence-electron chi connectivity index (χ2n) is 7.24. The van der Waals surface area contributed by atoms with E-state index >= 15 is 0 Å². The van der Waals surface area contributed by atoms with Crippen molar-refractivity contribution in [2.75, 3.05) is 6.54 Å². The van der Waals surface area contributed by atoms with Gasteiger partial charge in [-0.25, -0.2) is 14.4 Å². The Morgan fingerprint density at radius 3 is 2.71 bits per heavy atom. The Morgan fingerprint density at radius 1 is 1.16 bits per heavy atom. The molecule has 31 heavy (non-hydrogen) atoms. The van der Waals surface area contributed by atoms with E-state index in [9.17, 15) is 14.0 Å². The Labute approximate surface area is 178 Å². The molecule has 0 saturated heterocycles. The van der Waals surface area contributed by atoms with E-state index in [1.54, 1.807) is 39.8 Å². The SMILES string of the molecule is CCCCN(Cc1nc2ccccc2c(=O)[nH]1)C(=O)c1cncn1-c1ccc(F)cc1. The zero-order valence-corrected chi connectivity index (χ0v) is 17.1. The topological polar surface area (TPSA) is 83.9 Å². The number of carbonyl (C=O) groups is 1. The van der Waals surface area contributed by atoms with Gasteiger partial charge in [0.05, 0.1) is 30.0 Å². The number of aromatic amines is 1. The lowest BCUT2D eigenvalue weighted by atomic mass is 10.2. The predicted octanol–water partition coefficient (Wildman–Crippen LogP) is 3.69. The van der Waals surface area contributed by atoms with E-state index in [2.05, 4.69) is 15.0 Å². The molecule has 1 amide bonds. The molecule has 0 bridgehead atoms. The molecule has 0 aliphatic carbocycles. The smallest absolute Gasteiger partial charge is 0.272 e. The highest BCUT2D eigenvalue weighted by Crippen LogP contribution is 2.16. The summed E-state index contributed by atoms with van der Waals surface area (Å²) in [5, 5.41) is 0.507. The number of halogens is 1. The van der Waals surface area contributed by atoms with Crippen LogP contribution in [0, 0.1) is 5.82 Å². The number of benzene rings is 2. The maximum atomic E-state index is 13.4. The number of fused-ring (bicyclic) bond motifs is 1. The van der Waals surface area contributed by atoms with E-state index in [-0.39, 0.29) is 23.8 Å². The summed E-state index contributed by atoms with van der Waals surface area (Å²) >= 11 is 0. The minimum Gasteiger partial charge on any atom is -0.330 e. The third-order valence-corrected chi connectivity index (χ3v) is 5.03. The average molecular weight is 419 g/mol. The first-order chi connectivity index (χ1) is 15.1. The Bertz CT molecular complexity index is 1260. The number of H-pyrrole nitrogens is 1. The van der Waals surface area contributed by atoms with Crippen LogP contribution in [0.3, 0.4) is 0 Å². The molecule has 0 spiro atoms. The van der Waals surface area contributed by atoms with Crippen LogP contribution in [0.2, 0.25) is 0 Å². The second-order valence-corrected chi connectivity index (χ2v) is 7.24. The van der Waals surface area contributed by atoms with Crippen molar-refractivity contribution in [3.05, 3.63) is 88.7 Å². The van der Waals surface area contributed by atoms with Crippen LogP contribution in [-0.4, -0.2) is 36.9 Å². The van der Waals surface area contributed by atoms with Crippen molar-refractivity contribution in [2.45, 2.75) is 26.3 Å². The van der Waals surface area contributed by atoms with Gasteiger partial charge in [-0.1, -0.05) is 25.5 Å². The van der Waals surface area contributed by atoms with Crippen LogP contribution in [-0.2, 0) is 6.54 Å². The molecule has 8 heteroatoms. The predicted molar refractivity (Wildman–Crippen MR) is 116 cm³/mol. The van der Waals surface area contributed by atoms with Gasteiger partial charge < -0.3 is 9.88 Å². The minimum absolute atomic E-state index is 0.160. The van der Waals surface area contributed by atoms with Crippen LogP contribution in [0.15, 0.2) is 65.8 Å². The Kier molecular flexibility index (Phi) is 5.88. The third kappa shape index (κ3) is 4.37. The zero-order valence-electron chi connectivity index (χ0n) is 17.1. The van der Waals surface area contributed by atoms with E-state index in [1.165, 1.54) is 24.7 Å². The van der Waals surface area contributed by atoms with Crippen molar-refractivity contribution >= 4 is 16.8 Å². The highest BCUT2D eigenvalue weighted by Gasteiger charge is 2.21. The van der Waals surface area contributed by atoms with Gasteiger partial charge in [0.1, 0.15) is 17.3 Å². The number of nitrogens with zero attached hydrogens (tertiary/aromatic N) is 4. The molecule has 2 aromatic carbocycles. The van der Waals surface area contributed by atoms with Gasteiger partial charge in [-0.05, 0) is 42.8 Å². The van der Waals surface area contributed by atoms with E-state index in [0.29, 0.717) is 34.7 Å². The van der Waals surface area contributed by atoms with Crippen LogP contribution in [0.25, 0.3) is 16.6 Å². The zero-order chi connectivity index (χ0) is 21.8. The molecule has 0 atom stereocenters. The lowest BCUT2D eigenvalue weighted by Gasteiger charge is -2.22. The van der Waals surface area contributed by atoms with Crippen molar-refractivity contribution in [1.29, 1.82) is 0 Å². The monoisotopic (exact) mass is 419 g/mol. The standard InChI is InChI=1S/C23H22FN5O2/c1-2-3-12-28(14-21-26-19-7-5-4-6-18(19)22(30)27-21)23(31)20-13-25-15-29(20)17-10-8-16(24)9-11-17/h4-11,13,15H,2-3,12,14H2,1H3,(H,26,27,30). The Hall–Kier alpha value is -3.81. The molecule has 0 unspecified atom stereocenters. The fraction of sp³-hybridized carbons (Fsp3) is 0.217. The number of rotatable bonds is 7. The number of hydrogen-bond acceptors (Lipinski definition) is 4. The molecule has 0 saturated carbocycles. The molecule has 7 nitrogen and oxygen atoms in total. The van der Waals surface area contributed by atoms with E-state index in [0.717, 1.165) is 12.8 Å². The van der Waals surface area contributed by atoms with Crippen molar-refractivity contribution in [3.8, 4) is 5.69 Å². The highest BCUT2D eigenvalue weighted by atomic mass is 19.1. The molecule has 2 heterocycles. The number of nitrogens with one attached hydrogen (secondary N) is 1. The van der Waals surface area contributed by atoms with Gasteiger partial charge in [0.15, 0.2) is 0 Å². The number of carbonyl (C=O) groups excluding carboxylic acids is 1. The van der Waals surface area contributed by atoms with Gasteiger partial charge in [-0.15, -0.1) is 0 Å². The molecule has 158 valence electrons. The van der Waals surface area contributed by atoms with Crippen LogP contribution in [0.5, 0.6) is 0 Å². The number of imidazole rings is 1. The number of unbranched alkanes of at least 4 members (excludes halogenated alkanes) is 1. The molecule has 0 fully saturated rings. The lowest BCUT2D eigenvalue weighted by Crippen LogP contribution is -2.34. The molecule has 0 aliphatic rings. The quantitative estimate of drug-likeness (QED) is 0.495. The Balaban J connectivity index is 1.66. The molecule has 1 N–H and O–H groups in total. The summed E-state index contributed by atoms with van der Waals surface area (Å²) in [6.07, 6.45) is 4.72. The highest BCUT2D eigenvalue weighted by molar-refractivity contribution is 5.93. The Morgan fingerprint density at radius 2 is 1.94 bits per heavy atom. The van der Waals surface area contributed by atoms with Crippen molar-refractivity contribution in [1.82, 2.24) is 24.4 Å². The lowest BCUT2D eigenvalue weighted by molar-refractivity contribution is 0.0728. The van der Waals surface area contributed by atoms with Crippen molar-refractivity contribution in [2.24, 2.45) is 0 Å². The molecule has 2 aromatic heterocycles. The van der Waals surface area contributed by atoms with Crippen LogP contribution >= 0.6 is 0 Å². The van der Waals surface area contributed by atoms with E-state index in [1.807, 2.05) is 13.0 Å². The number of amides is 1. The van der Waals surface area contributed by atoms with Crippen molar-refractivity contribution < 1.29 is 9.18 Å². The van der Waals surface area contributed by atoms with Crippen molar-refractivity contribution in [3.63, 3.8) is 0 Å². The summed E-state index contributed by atoms with van der Waals surface area (Å²) in [6, 6.07) is 12.9. The van der Waals surface area contributed by atoms with Crippen LogP contribution in [0.1, 0.15) is 36.1 Å². The summed E-state index contributed by atoms with van der Waals surface area (Å²) < 4.78 is 14.9. The third-order valence-electron chi connectivity index (χ3n) is 5.03. The number of hydrogen-bond donors (Lipinski definition) is 1. The first-order valence-corrected chi connectivity index (χ1v) is 10.1. The molecule has 4 aromatic rings. The maximum absolute atomic E-state index is 13.4. The molecule has 0 aliphatic heterocycles. The second kappa shape index (κ2) is 8.91. The van der Waals surface area contributed by atoms with Gasteiger partial charge in [-0.2, -0.15) is 0 Å². The first-order valence-electron chi connectivity index (χ1n) is 10.1. The van der Waals surface area contributed by atoms with Gasteiger partial charge in [0, 0.05) is 12.2 Å². The fourth-order valence-corrected chi connectivity index (χ4v) is 3.41. The van der Waals surface area contributed by atoms with E-state index < -0.39 is 0 Å². The first kappa shape index (κ1) is 20.5. The number of aromatic nitrogens is 4. The van der Waals surface area contributed by atoms with Gasteiger partial charge >= 0.3 is 0 Å². The average Bonchev–Trinajstić information content (AvgIpc) is 3.26. The maximum Gasteiger partial charge on any atom is 0.272 e. The molecular formula is C23H22FN5O2. The summed E-state index contributed by atoms with van der Waals surface area (Å²) in [7, 11) is 0.